The largest absolute Gasteiger partial charge is 0.611 e. The molecule has 5 rings (SSSR count). The number of rotatable bonds is 8. The van der Waals surface area contributed by atoms with Gasteiger partial charge in [-0.05, 0) is 66.8 Å². The molecule has 2 aliphatic rings. The molecule has 9 heteroatoms. The Hall–Kier alpha value is -2.85. The lowest BCUT2D eigenvalue weighted by Gasteiger charge is -2.47. The van der Waals surface area contributed by atoms with Crippen LogP contribution in [0.15, 0.2) is 47.5 Å². The number of hydrogen-bond acceptors (Lipinski definition) is 8. The third kappa shape index (κ3) is 5.59. The number of nitrogens with one attached hydrogen (secondary N) is 3. The van der Waals surface area contributed by atoms with Gasteiger partial charge in [0.15, 0.2) is 4.90 Å². The van der Waals surface area contributed by atoms with E-state index >= 15 is 0 Å². The fraction of sp³-hybridized carbons (Fsp3) is 0.467. The van der Waals surface area contributed by atoms with Crippen LogP contribution in [0.3, 0.4) is 0 Å². The minimum absolute atomic E-state index is 0.0120. The molecule has 0 radical (unpaired) electrons. The van der Waals surface area contributed by atoms with Crippen LogP contribution in [0.2, 0.25) is 0 Å². The molecule has 0 aliphatic carbocycles. The maximum absolute atomic E-state index is 13.0. The van der Waals surface area contributed by atoms with Crippen LogP contribution < -0.4 is 20.7 Å². The summed E-state index contributed by atoms with van der Waals surface area (Å²) in [7, 11) is 1.71. The normalized spacial score (nSPS) is 19.2. The Balaban J connectivity index is 1.50. The fourth-order valence-electron chi connectivity index (χ4n) is 5.64. The van der Waals surface area contributed by atoms with Crippen molar-refractivity contribution in [3.8, 4) is 5.75 Å². The Morgan fingerprint density at radius 3 is 2.74 bits per heavy atom. The van der Waals surface area contributed by atoms with Gasteiger partial charge in [0.2, 0.25) is 5.95 Å². The first-order valence-corrected chi connectivity index (χ1v) is 15.0. The van der Waals surface area contributed by atoms with Crippen molar-refractivity contribution in [2.24, 2.45) is 0 Å². The zero-order valence-electron chi connectivity index (χ0n) is 23.8. The van der Waals surface area contributed by atoms with Crippen molar-refractivity contribution in [3.63, 3.8) is 0 Å². The Morgan fingerprint density at radius 1 is 1.21 bits per heavy atom. The van der Waals surface area contributed by atoms with Gasteiger partial charge in [0, 0.05) is 49.4 Å². The van der Waals surface area contributed by atoms with E-state index in [2.05, 4.69) is 58.7 Å². The van der Waals surface area contributed by atoms with Crippen LogP contribution in [0.4, 0.5) is 23.1 Å². The number of methoxy groups -OCH3 is 1. The van der Waals surface area contributed by atoms with Gasteiger partial charge < -0.3 is 25.2 Å². The van der Waals surface area contributed by atoms with Crippen LogP contribution in [0.25, 0.3) is 0 Å². The quantitative estimate of drug-likeness (QED) is 0.327. The van der Waals surface area contributed by atoms with E-state index in [1.54, 1.807) is 7.11 Å². The van der Waals surface area contributed by atoms with E-state index in [9.17, 15) is 4.55 Å². The molecule has 3 heterocycles. The second-order valence-electron chi connectivity index (χ2n) is 11.2. The van der Waals surface area contributed by atoms with E-state index in [1.807, 2.05) is 44.3 Å². The summed E-state index contributed by atoms with van der Waals surface area (Å²) in [4.78, 5) is 12.9. The SMILES string of the molecule is CCc1cnc(Nc2cc3c(cc2OC)C(C)(C)CN2CCNCC32)nc1Nc1ccccc1[S+]([O-])C(C)C. The van der Waals surface area contributed by atoms with Crippen molar-refractivity contribution >= 4 is 34.3 Å². The third-order valence-corrected chi connectivity index (χ3v) is 9.34. The van der Waals surface area contributed by atoms with Gasteiger partial charge >= 0.3 is 0 Å². The molecule has 1 fully saturated rings. The van der Waals surface area contributed by atoms with Gasteiger partial charge in [-0.3, -0.25) is 4.90 Å². The molecule has 2 unspecified atom stereocenters. The molecule has 2 atom stereocenters. The van der Waals surface area contributed by atoms with Crippen molar-refractivity contribution in [3.05, 3.63) is 59.3 Å². The Kier molecular flexibility index (Phi) is 8.05. The number of benzene rings is 2. The van der Waals surface area contributed by atoms with Gasteiger partial charge in [-0.1, -0.05) is 32.9 Å². The number of aryl methyl sites for hydroxylation is 1. The minimum Gasteiger partial charge on any atom is -0.611 e. The van der Waals surface area contributed by atoms with E-state index in [4.69, 9.17) is 9.72 Å². The van der Waals surface area contributed by atoms with E-state index in [0.717, 1.165) is 60.2 Å². The van der Waals surface area contributed by atoms with Crippen molar-refractivity contribution < 1.29 is 9.29 Å². The molecule has 39 heavy (non-hydrogen) atoms. The Labute approximate surface area is 235 Å². The lowest BCUT2D eigenvalue weighted by Crippen LogP contribution is -2.53. The van der Waals surface area contributed by atoms with Crippen LogP contribution in [-0.4, -0.2) is 58.0 Å². The molecule has 2 aromatic carbocycles. The van der Waals surface area contributed by atoms with Crippen LogP contribution >= 0.6 is 0 Å². The van der Waals surface area contributed by atoms with Crippen LogP contribution in [0.1, 0.15) is 57.4 Å². The van der Waals surface area contributed by atoms with Gasteiger partial charge in [-0.25, -0.2) is 4.98 Å². The van der Waals surface area contributed by atoms with E-state index < -0.39 is 11.2 Å². The maximum atomic E-state index is 13.0. The van der Waals surface area contributed by atoms with Crippen molar-refractivity contribution in [1.29, 1.82) is 0 Å². The maximum Gasteiger partial charge on any atom is 0.229 e. The first-order chi connectivity index (χ1) is 18.7. The van der Waals surface area contributed by atoms with E-state index in [-0.39, 0.29) is 10.7 Å². The second kappa shape index (κ2) is 11.3. The monoisotopic (exact) mass is 548 g/mol. The van der Waals surface area contributed by atoms with Crippen LogP contribution in [-0.2, 0) is 23.0 Å². The molecule has 0 bridgehead atoms. The topological polar surface area (TPSA) is 97.4 Å². The molecule has 0 spiro atoms. The van der Waals surface area contributed by atoms with Gasteiger partial charge in [-0.15, -0.1) is 0 Å². The van der Waals surface area contributed by atoms with Gasteiger partial charge in [-0.2, -0.15) is 4.98 Å². The summed E-state index contributed by atoms with van der Waals surface area (Å²) in [5.74, 6) is 1.95. The molecule has 3 N–H and O–H groups in total. The molecule has 0 saturated carbocycles. The summed E-state index contributed by atoms with van der Waals surface area (Å²) in [6.45, 7) is 14.7. The highest BCUT2D eigenvalue weighted by Gasteiger charge is 2.39. The highest BCUT2D eigenvalue weighted by atomic mass is 32.2. The average molecular weight is 549 g/mol. The zero-order chi connectivity index (χ0) is 27.7. The summed E-state index contributed by atoms with van der Waals surface area (Å²) < 4.78 is 18.8. The number of hydrogen-bond donors (Lipinski definition) is 3. The molecule has 3 aromatic rings. The fourth-order valence-corrected chi connectivity index (χ4v) is 6.70. The molecular weight excluding hydrogens is 508 g/mol. The average Bonchev–Trinajstić information content (AvgIpc) is 2.92. The number of fused-ring (bicyclic) bond motifs is 3. The summed E-state index contributed by atoms with van der Waals surface area (Å²) in [5, 5.41) is 10.5. The highest BCUT2D eigenvalue weighted by Crippen LogP contribution is 2.44. The van der Waals surface area contributed by atoms with Crippen LogP contribution in [0.5, 0.6) is 5.75 Å². The number of piperazine rings is 1. The summed E-state index contributed by atoms with van der Waals surface area (Å²) in [5.41, 5.74) is 5.28. The lowest BCUT2D eigenvalue weighted by atomic mass is 9.75. The number of aromatic nitrogens is 2. The highest BCUT2D eigenvalue weighted by molar-refractivity contribution is 7.92. The minimum atomic E-state index is -1.13. The number of anilines is 4. The number of ether oxygens (including phenoxy) is 1. The summed E-state index contributed by atoms with van der Waals surface area (Å²) in [6.07, 6.45) is 2.61. The molecule has 2 aliphatic heterocycles. The van der Waals surface area contributed by atoms with E-state index in [0.29, 0.717) is 17.8 Å². The molecule has 1 aromatic heterocycles. The summed E-state index contributed by atoms with van der Waals surface area (Å²) >= 11 is -1.13. The number of para-hydroxylation sites is 1. The predicted molar refractivity (Wildman–Crippen MR) is 159 cm³/mol. The van der Waals surface area contributed by atoms with E-state index in [1.165, 1.54) is 11.1 Å². The molecule has 1 saturated heterocycles. The smallest absolute Gasteiger partial charge is 0.229 e. The molecule has 0 amide bonds. The second-order valence-corrected chi connectivity index (χ2v) is 13.2. The summed E-state index contributed by atoms with van der Waals surface area (Å²) in [6, 6.07) is 12.4. The standard InChI is InChI=1S/C30H40N6O2S/c1-7-20-16-32-29(35-28(20)33-23-10-8-9-11-27(23)39(37)19(2)3)34-24-14-21-22(15-26(24)38-6)30(4,5)18-36-13-12-31-17-25(21)36/h8-11,14-16,19,25,31H,7,12-13,17-18H2,1-6H3,(H2,32,33,34,35). The zero-order valence-corrected chi connectivity index (χ0v) is 24.6. The Morgan fingerprint density at radius 2 is 2.00 bits per heavy atom. The Bertz CT molecular complexity index is 1330. The first-order valence-electron chi connectivity index (χ1n) is 13.8. The van der Waals surface area contributed by atoms with Crippen molar-refractivity contribution in [1.82, 2.24) is 20.2 Å². The lowest BCUT2D eigenvalue weighted by molar-refractivity contribution is 0.114. The van der Waals surface area contributed by atoms with Crippen molar-refractivity contribution in [2.75, 3.05) is 43.9 Å². The number of nitrogens with zero attached hydrogens (tertiary/aromatic N) is 3. The van der Waals surface area contributed by atoms with Crippen LogP contribution in [0, 0.1) is 0 Å². The van der Waals surface area contributed by atoms with Gasteiger partial charge in [0.25, 0.3) is 0 Å². The predicted octanol–water partition coefficient (Wildman–Crippen LogP) is 5.29. The van der Waals surface area contributed by atoms with Gasteiger partial charge in [0.05, 0.1) is 18.5 Å². The van der Waals surface area contributed by atoms with Gasteiger partial charge in [0.1, 0.15) is 16.8 Å². The molecule has 208 valence electrons. The third-order valence-electron chi connectivity index (χ3n) is 7.69. The molecule has 8 nitrogen and oxygen atoms in total. The molecular formula is C30H40N6O2S. The van der Waals surface area contributed by atoms with Crippen molar-refractivity contribution in [2.45, 2.75) is 62.6 Å². The first kappa shape index (κ1) is 27.7.